The Morgan fingerprint density at radius 3 is 2.50 bits per heavy atom. The molecule has 0 unspecified atom stereocenters. The van der Waals surface area contributed by atoms with E-state index in [0.717, 1.165) is 38.1 Å². The van der Waals surface area contributed by atoms with Crippen molar-refractivity contribution in [2.24, 2.45) is 0 Å². The van der Waals surface area contributed by atoms with Gasteiger partial charge in [0.25, 0.3) is 5.91 Å². The van der Waals surface area contributed by atoms with Crippen molar-refractivity contribution in [1.82, 2.24) is 34.7 Å². The van der Waals surface area contributed by atoms with Crippen LogP contribution in [0, 0.1) is 11.8 Å². The predicted octanol–water partition coefficient (Wildman–Crippen LogP) is 3.73. The van der Waals surface area contributed by atoms with Crippen molar-refractivity contribution < 1.29 is 18.0 Å². The molecule has 6 rings (SSSR count). The fourth-order valence-electron chi connectivity index (χ4n) is 5.91. The van der Waals surface area contributed by atoms with E-state index in [1.807, 2.05) is 24.1 Å². The molecule has 240 valence electrons. The smallest absolute Gasteiger partial charge is 0.352 e. The molecule has 2 fully saturated rings. The van der Waals surface area contributed by atoms with E-state index >= 15 is 0 Å². The molecule has 3 aromatic heterocycles. The lowest BCUT2D eigenvalue weighted by Crippen LogP contribution is -2.54. The number of likely N-dealkylation sites (N-methyl/N-ethyl adjacent to an activating group) is 1. The van der Waals surface area contributed by atoms with Gasteiger partial charge in [-0.25, -0.2) is 9.50 Å². The second kappa shape index (κ2) is 13.1. The Balaban J connectivity index is 1.17. The van der Waals surface area contributed by atoms with Gasteiger partial charge in [-0.05, 0) is 62.7 Å². The van der Waals surface area contributed by atoms with Crippen molar-refractivity contribution in [1.29, 1.82) is 0 Å². The van der Waals surface area contributed by atoms with Crippen molar-refractivity contribution >= 4 is 23.1 Å². The molecule has 13 heteroatoms. The van der Waals surface area contributed by atoms with Crippen molar-refractivity contribution in [3.63, 3.8) is 0 Å². The minimum absolute atomic E-state index is 0.0526. The molecule has 0 aliphatic carbocycles. The molecule has 5 heterocycles. The number of fused-ring (bicyclic) bond motifs is 1. The molecule has 0 spiro atoms. The van der Waals surface area contributed by atoms with E-state index in [0.29, 0.717) is 42.1 Å². The van der Waals surface area contributed by atoms with Crippen molar-refractivity contribution in [2.75, 3.05) is 56.5 Å². The number of hydrogen-bond donors (Lipinski definition) is 2. The number of amides is 1. The van der Waals surface area contributed by atoms with Gasteiger partial charge >= 0.3 is 6.18 Å². The van der Waals surface area contributed by atoms with E-state index < -0.39 is 17.6 Å². The molecule has 0 bridgehead atoms. The zero-order valence-corrected chi connectivity index (χ0v) is 26.0. The lowest BCUT2D eigenvalue weighted by molar-refractivity contribution is -0.138. The van der Waals surface area contributed by atoms with Crippen LogP contribution in [0.2, 0.25) is 0 Å². The van der Waals surface area contributed by atoms with Gasteiger partial charge in [-0.1, -0.05) is 12.0 Å². The first-order chi connectivity index (χ1) is 22.0. The Kier molecular flexibility index (Phi) is 8.95. The Labute approximate surface area is 265 Å². The number of piperazine rings is 2. The van der Waals surface area contributed by atoms with Crippen LogP contribution in [0.25, 0.3) is 5.65 Å². The first-order valence-electron chi connectivity index (χ1n) is 15.3. The summed E-state index contributed by atoms with van der Waals surface area (Å²) in [6.45, 7) is 9.14. The molecule has 4 aromatic rings. The van der Waals surface area contributed by atoms with Crippen LogP contribution in [0.15, 0.2) is 55.0 Å². The second-order valence-electron chi connectivity index (χ2n) is 12.1. The summed E-state index contributed by atoms with van der Waals surface area (Å²) in [7, 11) is 2.00. The maximum atomic E-state index is 14.0. The van der Waals surface area contributed by atoms with Crippen LogP contribution in [-0.4, -0.2) is 93.7 Å². The highest BCUT2D eigenvalue weighted by atomic mass is 19.4. The van der Waals surface area contributed by atoms with Gasteiger partial charge in [0.05, 0.1) is 17.3 Å². The SMILES string of the molecule is C[C@@H]1CN(c2ccc3ncc(C#Cc4cncc(C(=O)Nc5ccc(CN6CCN(C)CC6)c(C(F)(F)F)c5)c4)n3n2)C[C@H](C)N1. The number of imidazole rings is 1. The largest absolute Gasteiger partial charge is 0.416 e. The first-order valence-corrected chi connectivity index (χ1v) is 15.3. The quantitative estimate of drug-likeness (QED) is 0.322. The van der Waals surface area contributed by atoms with Gasteiger partial charge < -0.3 is 20.4 Å². The molecule has 2 atom stereocenters. The highest BCUT2D eigenvalue weighted by molar-refractivity contribution is 6.04. The van der Waals surface area contributed by atoms with Gasteiger partial charge in [-0.3, -0.25) is 14.7 Å². The normalized spacial score (nSPS) is 19.6. The minimum atomic E-state index is -4.56. The third kappa shape index (κ3) is 7.31. The standard InChI is InChI=1S/C33H36F3N9O/c1-22-19-44(20-23(2)39-22)31-9-8-30-38-18-28(45(30)41-31)7-4-24-14-26(17-37-16-24)32(46)40-27-6-5-25(29(15-27)33(34,35)36)21-43-12-10-42(3)11-13-43/h5-6,8-9,14-18,22-23,39H,10-13,19-21H2,1-3H3,(H,40,46)/t22-,23+. The number of pyridine rings is 1. The summed E-state index contributed by atoms with van der Waals surface area (Å²) in [5.41, 5.74) is 1.33. The molecular weight excluding hydrogens is 595 g/mol. The predicted molar refractivity (Wildman–Crippen MR) is 170 cm³/mol. The first kappa shape index (κ1) is 31.5. The molecule has 10 nitrogen and oxygen atoms in total. The fourth-order valence-corrected chi connectivity index (χ4v) is 5.91. The maximum absolute atomic E-state index is 14.0. The molecule has 2 aliphatic rings. The van der Waals surface area contributed by atoms with Crippen molar-refractivity contribution in [3.05, 3.63) is 82.9 Å². The average molecular weight is 632 g/mol. The van der Waals surface area contributed by atoms with Crippen LogP contribution >= 0.6 is 0 Å². The molecule has 2 saturated heterocycles. The minimum Gasteiger partial charge on any atom is -0.352 e. The Bertz CT molecular complexity index is 1780. The maximum Gasteiger partial charge on any atom is 0.416 e. The van der Waals surface area contributed by atoms with Gasteiger partial charge in [-0.2, -0.15) is 13.2 Å². The van der Waals surface area contributed by atoms with E-state index in [9.17, 15) is 18.0 Å². The van der Waals surface area contributed by atoms with E-state index in [1.165, 1.54) is 24.5 Å². The molecular formula is C33H36F3N9O. The van der Waals surface area contributed by atoms with Gasteiger partial charge in [0, 0.05) is 81.5 Å². The number of aromatic nitrogens is 4. The van der Waals surface area contributed by atoms with E-state index in [2.05, 4.69) is 56.1 Å². The molecule has 2 aliphatic heterocycles. The van der Waals surface area contributed by atoms with Crippen LogP contribution < -0.4 is 15.5 Å². The summed E-state index contributed by atoms with van der Waals surface area (Å²) in [4.78, 5) is 28.0. The Morgan fingerprint density at radius 2 is 1.76 bits per heavy atom. The van der Waals surface area contributed by atoms with Gasteiger partial charge in [-0.15, -0.1) is 5.10 Å². The highest BCUT2D eigenvalue weighted by Gasteiger charge is 2.34. The summed E-state index contributed by atoms with van der Waals surface area (Å²) in [5, 5.41) is 10.9. The molecule has 0 radical (unpaired) electrons. The van der Waals surface area contributed by atoms with E-state index in [-0.39, 0.29) is 23.4 Å². The number of nitrogens with one attached hydrogen (secondary N) is 2. The van der Waals surface area contributed by atoms with Crippen LogP contribution in [0.1, 0.15) is 46.6 Å². The van der Waals surface area contributed by atoms with Crippen LogP contribution in [-0.2, 0) is 12.7 Å². The molecule has 46 heavy (non-hydrogen) atoms. The van der Waals surface area contributed by atoms with Gasteiger partial charge in [0.2, 0.25) is 0 Å². The topological polar surface area (TPSA) is 93.9 Å². The van der Waals surface area contributed by atoms with Crippen molar-refractivity contribution in [3.8, 4) is 11.8 Å². The van der Waals surface area contributed by atoms with Crippen LogP contribution in [0.3, 0.4) is 0 Å². The number of hydrogen-bond acceptors (Lipinski definition) is 8. The second-order valence-corrected chi connectivity index (χ2v) is 12.1. The number of carbonyl (C=O) groups is 1. The van der Waals surface area contributed by atoms with Gasteiger partial charge in [0.1, 0.15) is 11.5 Å². The number of anilines is 2. The highest BCUT2D eigenvalue weighted by Crippen LogP contribution is 2.34. The molecule has 1 amide bonds. The summed E-state index contributed by atoms with van der Waals surface area (Å²) in [6, 6.07) is 10.0. The lowest BCUT2D eigenvalue weighted by Gasteiger charge is -2.36. The monoisotopic (exact) mass is 631 g/mol. The number of nitrogens with zero attached hydrogens (tertiary/aromatic N) is 7. The number of alkyl halides is 3. The lowest BCUT2D eigenvalue weighted by atomic mass is 10.0. The third-order valence-electron chi connectivity index (χ3n) is 8.23. The Hall–Kier alpha value is -4.51. The van der Waals surface area contributed by atoms with Crippen LogP contribution in [0.4, 0.5) is 24.7 Å². The molecule has 2 N–H and O–H groups in total. The average Bonchev–Trinajstić information content (AvgIpc) is 3.43. The Morgan fingerprint density at radius 1 is 1.00 bits per heavy atom. The summed E-state index contributed by atoms with van der Waals surface area (Å²) in [5.74, 6) is 6.33. The van der Waals surface area contributed by atoms with Crippen LogP contribution in [0.5, 0.6) is 0 Å². The zero-order chi connectivity index (χ0) is 32.4. The molecule has 1 aromatic carbocycles. The number of halogens is 3. The molecule has 0 saturated carbocycles. The summed E-state index contributed by atoms with van der Waals surface area (Å²) >= 11 is 0. The fraction of sp³-hybridized carbons (Fsp3) is 0.394. The van der Waals surface area contributed by atoms with E-state index in [1.54, 1.807) is 16.8 Å². The number of rotatable bonds is 5. The summed E-state index contributed by atoms with van der Waals surface area (Å²) < 4.78 is 43.8. The summed E-state index contributed by atoms with van der Waals surface area (Å²) in [6.07, 6.45) is -0.0541. The van der Waals surface area contributed by atoms with Crippen molar-refractivity contribution in [2.45, 2.75) is 38.7 Å². The zero-order valence-electron chi connectivity index (χ0n) is 26.0. The number of benzene rings is 1. The third-order valence-corrected chi connectivity index (χ3v) is 8.23. The number of carbonyl (C=O) groups excluding carboxylic acids is 1. The van der Waals surface area contributed by atoms with E-state index in [4.69, 9.17) is 5.10 Å². The van der Waals surface area contributed by atoms with Gasteiger partial charge in [0.15, 0.2) is 5.65 Å².